The molecule has 17 heavy (non-hydrogen) atoms. The molecule has 3 aliphatic rings. The minimum atomic E-state index is 0.580. The van der Waals surface area contributed by atoms with E-state index < -0.39 is 0 Å². The number of fused-ring (bicyclic) bond motifs is 2. The second-order valence-electron chi connectivity index (χ2n) is 6.15. The van der Waals surface area contributed by atoms with Crippen molar-refractivity contribution in [1.29, 1.82) is 5.41 Å². The van der Waals surface area contributed by atoms with Gasteiger partial charge in [-0.1, -0.05) is 12.8 Å². The van der Waals surface area contributed by atoms with Gasteiger partial charge in [0.2, 0.25) is 0 Å². The van der Waals surface area contributed by atoms with Crippen LogP contribution in [0.3, 0.4) is 0 Å². The largest absolute Gasteiger partial charge is 0.359 e. The number of amidine groups is 1. The zero-order valence-electron chi connectivity index (χ0n) is 11.0. The normalized spacial score (nSPS) is 35.2. The van der Waals surface area contributed by atoms with Crippen molar-refractivity contribution < 1.29 is 0 Å². The first-order valence-electron chi connectivity index (χ1n) is 7.31. The summed E-state index contributed by atoms with van der Waals surface area (Å²) < 4.78 is 0. The van der Waals surface area contributed by atoms with Crippen LogP contribution in [-0.2, 0) is 0 Å². The number of likely N-dealkylation sites (tertiary alicyclic amines) is 1. The third-order valence-electron chi connectivity index (χ3n) is 5.23. The summed E-state index contributed by atoms with van der Waals surface area (Å²) in [4.78, 5) is 4.97. The maximum Gasteiger partial charge on any atom is 0.0990 e. The Hall–Kier alpha value is -0.570. The highest BCUT2D eigenvalue weighted by Crippen LogP contribution is 2.31. The Morgan fingerprint density at radius 1 is 1.00 bits per heavy atom. The van der Waals surface area contributed by atoms with E-state index in [-0.39, 0.29) is 0 Å². The molecule has 96 valence electrons. The lowest BCUT2D eigenvalue weighted by atomic mass is 10.0. The fourth-order valence-electron chi connectivity index (χ4n) is 3.99. The van der Waals surface area contributed by atoms with Gasteiger partial charge in [-0.15, -0.1) is 0 Å². The van der Waals surface area contributed by atoms with Gasteiger partial charge >= 0.3 is 0 Å². The predicted molar refractivity (Wildman–Crippen MR) is 70.4 cm³/mol. The number of likely N-dealkylation sites (N-methyl/N-ethyl adjacent to an activating group) is 1. The Morgan fingerprint density at radius 2 is 1.71 bits per heavy atom. The Labute approximate surface area is 105 Å². The average molecular weight is 235 g/mol. The average Bonchev–Trinajstić information content (AvgIpc) is 2.88. The number of hydrogen-bond donors (Lipinski definition) is 1. The molecule has 3 fully saturated rings. The highest BCUT2D eigenvalue weighted by molar-refractivity contribution is 5.82. The molecular formula is C14H25N3. The van der Waals surface area contributed by atoms with E-state index in [9.17, 15) is 0 Å². The molecule has 0 aromatic heterocycles. The van der Waals surface area contributed by atoms with E-state index >= 15 is 0 Å². The van der Waals surface area contributed by atoms with Gasteiger partial charge in [0.25, 0.3) is 0 Å². The quantitative estimate of drug-likeness (QED) is 0.558. The summed E-state index contributed by atoms with van der Waals surface area (Å²) in [5, 5.41) is 8.43. The fraction of sp³-hybridized carbons (Fsp3) is 0.929. The molecular weight excluding hydrogens is 210 g/mol. The van der Waals surface area contributed by atoms with E-state index in [0.717, 1.165) is 25.0 Å². The molecule has 1 saturated carbocycles. The summed E-state index contributed by atoms with van der Waals surface area (Å²) in [6.45, 7) is 2.24. The molecule has 0 spiro atoms. The van der Waals surface area contributed by atoms with Crippen LogP contribution in [-0.4, -0.2) is 47.9 Å². The number of nitrogens with zero attached hydrogens (tertiary/aromatic N) is 2. The summed E-state index contributed by atoms with van der Waals surface area (Å²) in [5.41, 5.74) is 0. The van der Waals surface area contributed by atoms with Crippen LogP contribution in [0.25, 0.3) is 0 Å². The lowest BCUT2D eigenvalue weighted by Gasteiger charge is -2.30. The zero-order valence-corrected chi connectivity index (χ0v) is 11.0. The van der Waals surface area contributed by atoms with Crippen LogP contribution in [0.15, 0.2) is 0 Å². The van der Waals surface area contributed by atoms with Gasteiger partial charge in [0.15, 0.2) is 0 Å². The van der Waals surface area contributed by atoms with Crippen LogP contribution < -0.4 is 0 Å². The Morgan fingerprint density at radius 3 is 2.47 bits per heavy atom. The van der Waals surface area contributed by atoms with E-state index in [1.807, 2.05) is 0 Å². The summed E-state index contributed by atoms with van der Waals surface area (Å²) >= 11 is 0. The van der Waals surface area contributed by atoms with Gasteiger partial charge in [-0.2, -0.15) is 0 Å². The number of rotatable bonds is 1. The van der Waals surface area contributed by atoms with Crippen molar-refractivity contribution in [3.63, 3.8) is 0 Å². The Balaban J connectivity index is 1.66. The summed E-state index contributed by atoms with van der Waals surface area (Å²) in [6, 6.07) is 1.51. The smallest absolute Gasteiger partial charge is 0.0990 e. The van der Waals surface area contributed by atoms with E-state index in [1.54, 1.807) is 0 Å². The first-order chi connectivity index (χ1) is 8.25. The molecule has 3 heteroatoms. The molecule has 2 saturated heterocycles. The molecule has 1 aliphatic carbocycles. The third kappa shape index (κ3) is 2.10. The molecule has 2 bridgehead atoms. The van der Waals surface area contributed by atoms with E-state index in [4.69, 9.17) is 5.41 Å². The molecule has 0 aromatic rings. The third-order valence-corrected chi connectivity index (χ3v) is 5.23. The summed E-state index contributed by atoms with van der Waals surface area (Å²) in [6.07, 6.45) is 9.20. The maximum atomic E-state index is 8.43. The molecule has 2 unspecified atom stereocenters. The number of hydrogen-bond acceptors (Lipinski definition) is 2. The van der Waals surface area contributed by atoms with Gasteiger partial charge < -0.3 is 4.90 Å². The molecule has 0 amide bonds. The number of nitrogens with one attached hydrogen (secondary N) is 1. The van der Waals surface area contributed by atoms with E-state index in [2.05, 4.69) is 16.8 Å². The molecule has 2 atom stereocenters. The zero-order chi connectivity index (χ0) is 11.8. The van der Waals surface area contributed by atoms with Gasteiger partial charge in [-0.05, 0) is 39.2 Å². The molecule has 3 nitrogen and oxygen atoms in total. The highest BCUT2D eigenvalue weighted by atomic mass is 15.3. The summed E-state index contributed by atoms with van der Waals surface area (Å²) in [5.74, 6) is 1.54. The van der Waals surface area contributed by atoms with Crippen LogP contribution in [0.4, 0.5) is 0 Å². The first-order valence-corrected chi connectivity index (χ1v) is 7.31. The highest BCUT2D eigenvalue weighted by Gasteiger charge is 2.36. The van der Waals surface area contributed by atoms with Crippen LogP contribution in [0.5, 0.6) is 0 Å². The molecule has 2 aliphatic heterocycles. The fourth-order valence-corrected chi connectivity index (χ4v) is 3.99. The van der Waals surface area contributed by atoms with Gasteiger partial charge in [0, 0.05) is 31.1 Å². The first kappa shape index (κ1) is 11.5. The SMILES string of the molecule is CN1C2CCC1CN(C(=N)C1CCCC1)CC2. The Bertz CT molecular complexity index is 296. The molecule has 1 N–H and O–H groups in total. The Kier molecular flexibility index (Phi) is 3.12. The predicted octanol–water partition coefficient (Wildman–Crippen LogP) is 2.32. The topological polar surface area (TPSA) is 30.3 Å². The maximum absolute atomic E-state index is 8.43. The molecule has 0 aromatic carbocycles. The monoisotopic (exact) mass is 235 g/mol. The van der Waals surface area contributed by atoms with Crippen molar-refractivity contribution in [2.45, 2.75) is 57.0 Å². The summed E-state index contributed by atoms with van der Waals surface area (Å²) in [7, 11) is 2.28. The van der Waals surface area contributed by atoms with Gasteiger partial charge in [-0.3, -0.25) is 10.3 Å². The second kappa shape index (κ2) is 4.60. The van der Waals surface area contributed by atoms with Crippen molar-refractivity contribution in [3.8, 4) is 0 Å². The van der Waals surface area contributed by atoms with Gasteiger partial charge in [0.1, 0.15) is 0 Å². The molecule has 0 radical (unpaired) electrons. The van der Waals surface area contributed by atoms with Crippen LogP contribution in [0.2, 0.25) is 0 Å². The van der Waals surface area contributed by atoms with Gasteiger partial charge in [-0.25, -0.2) is 0 Å². The van der Waals surface area contributed by atoms with Crippen molar-refractivity contribution in [2.24, 2.45) is 5.92 Å². The van der Waals surface area contributed by atoms with Crippen LogP contribution >= 0.6 is 0 Å². The standard InChI is InChI=1S/C14H25N3/c1-16-12-6-7-13(16)10-17(9-8-12)14(15)11-4-2-3-5-11/h11-13,15H,2-10H2,1H3. The molecule has 2 heterocycles. The second-order valence-corrected chi connectivity index (χ2v) is 6.15. The van der Waals surface area contributed by atoms with Crippen molar-refractivity contribution in [2.75, 3.05) is 20.1 Å². The lowest BCUT2D eigenvalue weighted by Crippen LogP contribution is -2.41. The van der Waals surface area contributed by atoms with Crippen molar-refractivity contribution in [3.05, 3.63) is 0 Å². The van der Waals surface area contributed by atoms with Crippen molar-refractivity contribution >= 4 is 5.84 Å². The minimum absolute atomic E-state index is 0.580. The van der Waals surface area contributed by atoms with Crippen LogP contribution in [0, 0.1) is 11.3 Å². The molecule has 3 rings (SSSR count). The van der Waals surface area contributed by atoms with Crippen molar-refractivity contribution in [1.82, 2.24) is 9.80 Å². The minimum Gasteiger partial charge on any atom is -0.359 e. The van der Waals surface area contributed by atoms with E-state index in [1.165, 1.54) is 44.9 Å². The van der Waals surface area contributed by atoms with Gasteiger partial charge in [0.05, 0.1) is 5.84 Å². The lowest BCUT2D eigenvalue weighted by molar-refractivity contribution is 0.244. The van der Waals surface area contributed by atoms with E-state index in [0.29, 0.717) is 12.0 Å². The van der Waals surface area contributed by atoms with Crippen LogP contribution in [0.1, 0.15) is 44.9 Å².